The number of carbonyl (C=O) groups is 1. The number of ether oxygens (including phenoxy) is 2. The van der Waals surface area contributed by atoms with Gasteiger partial charge in [-0.3, -0.25) is 4.79 Å². The molecule has 10 heteroatoms. The number of amides is 1. The molecular weight excluding hydrogens is 491 g/mol. The summed E-state index contributed by atoms with van der Waals surface area (Å²) < 4.78 is 54.9. The highest BCUT2D eigenvalue weighted by Crippen LogP contribution is 2.33. The smallest absolute Gasteiger partial charge is 0.301 e. The number of aromatic nitrogens is 1. The van der Waals surface area contributed by atoms with E-state index in [2.05, 4.69) is 31.1 Å². The fourth-order valence-electron chi connectivity index (χ4n) is 4.29. The van der Waals surface area contributed by atoms with Crippen molar-refractivity contribution in [2.45, 2.75) is 64.0 Å². The van der Waals surface area contributed by atoms with Gasteiger partial charge in [-0.25, -0.2) is 4.39 Å². The fourth-order valence-corrected chi connectivity index (χ4v) is 5.35. The monoisotopic (exact) mass is 525 g/mol. The zero-order valence-corrected chi connectivity index (χ0v) is 21.8. The number of hydrogen-bond donors (Lipinski definition) is 1. The average Bonchev–Trinajstić information content (AvgIpc) is 3.61. The van der Waals surface area contributed by atoms with Crippen LogP contribution >= 0.6 is 11.3 Å². The number of carbonyl (C=O) groups excluding carboxylic acids is 1. The lowest BCUT2D eigenvalue weighted by molar-refractivity contribution is -0.0281. The molecule has 198 valence electrons. The third-order valence-electron chi connectivity index (χ3n) is 6.52. The minimum absolute atomic E-state index is 0.0342. The van der Waals surface area contributed by atoms with E-state index in [0.29, 0.717) is 24.6 Å². The Balaban J connectivity index is 1.71. The maximum atomic E-state index is 14.2. The van der Waals surface area contributed by atoms with E-state index >= 15 is 0 Å². The fraction of sp³-hybridized carbons (Fsp3) is 0.615. The highest BCUT2D eigenvalue weighted by atomic mass is 32.1. The predicted molar refractivity (Wildman–Crippen MR) is 133 cm³/mol. The summed E-state index contributed by atoms with van der Waals surface area (Å²) in [6, 6.07) is 3.44. The van der Waals surface area contributed by atoms with Crippen LogP contribution in [0.15, 0.2) is 29.4 Å². The van der Waals surface area contributed by atoms with Crippen LogP contribution in [0, 0.1) is 5.92 Å². The lowest BCUT2D eigenvalue weighted by Crippen LogP contribution is -2.24. The number of benzene rings is 1. The van der Waals surface area contributed by atoms with Crippen molar-refractivity contribution in [2.24, 2.45) is 10.9 Å². The van der Waals surface area contributed by atoms with Gasteiger partial charge in [0.05, 0.1) is 24.8 Å². The molecule has 1 aromatic heterocycles. The molecule has 36 heavy (non-hydrogen) atoms. The van der Waals surface area contributed by atoms with Crippen LogP contribution < -0.4 is 14.9 Å². The summed E-state index contributed by atoms with van der Waals surface area (Å²) in [4.78, 5) is 19.3. The summed E-state index contributed by atoms with van der Waals surface area (Å²) in [5, 5.41) is 3.25. The molecule has 0 radical (unpaired) electrons. The van der Waals surface area contributed by atoms with E-state index in [1.807, 2.05) is 10.8 Å². The van der Waals surface area contributed by atoms with Crippen LogP contribution in [0.3, 0.4) is 0 Å². The molecule has 0 bridgehead atoms. The standard InChI is InChI=1S/C26H34F3N3O3S/c1-25(2,3)22-14-32(13-19-5-4-10-34-19)24(36-22)31-23(33)20-11-18(26(28,29)16-27)6-7-21(20)35-15-17-8-9-30-12-17/h6-7,11,14,17,19,30H,4-5,8-10,12-13,15-16H2,1-3H3/t17-,19-/m1/s1. The Bertz CT molecular complexity index is 1130. The van der Waals surface area contributed by atoms with Gasteiger partial charge in [-0.2, -0.15) is 13.8 Å². The molecule has 6 nitrogen and oxygen atoms in total. The Morgan fingerprint density at radius 1 is 1.31 bits per heavy atom. The van der Waals surface area contributed by atoms with Gasteiger partial charge in [0.25, 0.3) is 5.91 Å². The number of halogens is 3. The first-order valence-electron chi connectivity index (χ1n) is 12.4. The molecular formula is C26H34F3N3O3S. The molecule has 2 fully saturated rings. The van der Waals surface area contributed by atoms with E-state index in [-0.39, 0.29) is 28.7 Å². The molecule has 0 saturated carbocycles. The third-order valence-corrected chi connectivity index (χ3v) is 7.96. The molecule has 0 spiro atoms. The Morgan fingerprint density at radius 2 is 2.11 bits per heavy atom. The lowest BCUT2D eigenvalue weighted by atomic mass is 9.95. The second-order valence-electron chi connectivity index (χ2n) is 10.6. The summed E-state index contributed by atoms with van der Waals surface area (Å²) in [6.07, 6.45) is 4.86. The van der Waals surface area contributed by atoms with Gasteiger partial charge in [0.1, 0.15) is 5.75 Å². The molecule has 2 aliphatic heterocycles. The van der Waals surface area contributed by atoms with E-state index in [4.69, 9.17) is 9.47 Å². The topological polar surface area (TPSA) is 64.9 Å². The minimum Gasteiger partial charge on any atom is -0.492 e. The van der Waals surface area contributed by atoms with Gasteiger partial charge < -0.3 is 19.4 Å². The van der Waals surface area contributed by atoms with E-state index in [1.165, 1.54) is 17.4 Å². The largest absolute Gasteiger partial charge is 0.492 e. The van der Waals surface area contributed by atoms with Gasteiger partial charge in [0, 0.05) is 35.7 Å². The van der Waals surface area contributed by atoms with Gasteiger partial charge in [-0.15, -0.1) is 11.3 Å². The number of alkyl halides is 3. The van der Waals surface area contributed by atoms with Crippen LogP contribution in [-0.2, 0) is 22.6 Å². The van der Waals surface area contributed by atoms with Crippen molar-refractivity contribution in [3.63, 3.8) is 0 Å². The molecule has 2 aliphatic rings. The van der Waals surface area contributed by atoms with Crippen LogP contribution in [0.4, 0.5) is 13.2 Å². The summed E-state index contributed by atoms with van der Waals surface area (Å²) in [5.41, 5.74) is -0.833. The second-order valence-corrected chi connectivity index (χ2v) is 11.6. The number of nitrogens with zero attached hydrogens (tertiary/aromatic N) is 2. The molecule has 1 aromatic carbocycles. The van der Waals surface area contributed by atoms with Crippen LogP contribution in [0.25, 0.3) is 0 Å². The van der Waals surface area contributed by atoms with Crippen molar-refractivity contribution in [3.8, 4) is 5.75 Å². The molecule has 0 unspecified atom stereocenters. The van der Waals surface area contributed by atoms with Crippen molar-refractivity contribution in [2.75, 3.05) is 33.0 Å². The number of nitrogens with one attached hydrogen (secondary N) is 1. The molecule has 4 rings (SSSR count). The molecule has 1 amide bonds. The zero-order chi connectivity index (χ0) is 25.9. The van der Waals surface area contributed by atoms with Gasteiger partial charge in [0.15, 0.2) is 11.5 Å². The minimum atomic E-state index is -3.70. The highest BCUT2D eigenvalue weighted by Gasteiger charge is 2.33. The Labute approximate surface area is 213 Å². The van der Waals surface area contributed by atoms with E-state index in [0.717, 1.165) is 49.4 Å². The number of thiazole rings is 1. The number of rotatable bonds is 8. The summed E-state index contributed by atoms with van der Waals surface area (Å²) in [6.45, 7) is 7.66. The van der Waals surface area contributed by atoms with Crippen molar-refractivity contribution in [1.29, 1.82) is 0 Å². The zero-order valence-electron chi connectivity index (χ0n) is 21.0. The normalized spacial score (nSPS) is 21.3. The first-order valence-corrected chi connectivity index (χ1v) is 13.2. The maximum absolute atomic E-state index is 14.2. The average molecular weight is 526 g/mol. The third kappa shape index (κ3) is 6.39. The van der Waals surface area contributed by atoms with Gasteiger partial charge in [-0.1, -0.05) is 20.8 Å². The first-order chi connectivity index (χ1) is 17.1. The maximum Gasteiger partial charge on any atom is 0.301 e. The SMILES string of the molecule is CC(C)(C)c1cn(C[C@H]2CCCO2)c(=NC(=O)c2cc(C(F)(F)CF)ccc2OC[C@@H]2CCNC2)s1. The first kappa shape index (κ1) is 26.9. The van der Waals surface area contributed by atoms with Crippen LogP contribution in [-0.4, -0.2) is 49.6 Å². The second kappa shape index (κ2) is 11.1. The Kier molecular flexibility index (Phi) is 8.26. The van der Waals surface area contributed by atoms with Crippen molar-refractivity contribution in [1.82, 2.24) is 9.88 Å². The van der Waals surface area contributed by atoms with Gasteiger partial charge in [-0.05, 0) is 49.4 Å². The van der Waals surface area contributed by atoms with Crippen LogP contribution in [0.5, 0.6) is 5.75 Å². The predicted octanol–water partition coefficient (Wildman–Crippen LogP) is 4.82. The van der Waals surface area contributed by atoms with Gasteiger partial charge >= 0.3 is 5.92 Å². The van der Waals surface area contributed by atoms with Crippen molar-refractivity contribution in [3.05, 3.63) is 45.2 Å². The van der Waals surface area contributed by atoms with Crippen LogP contribution in [0.1, 0.15) is 60.8 Å². The van der Waals surface area contributed by atoms with E-state index < -0.39 is 24.1 Å². The molecule has 2 saturated heterocycles. The molecule has 2 aromatic rings. The molecule has 1 N–H and O–H groups in total. The Morgan fingerprint density at radius 3 is 2.75 bits per heavy atom. The van der Waals surface area contributed by atoms with E-state index in [9.17, 15) is 18.0 Å². The Hall–Kier alpha value is -2.17. The summed E-state index contributed by atoms with van der Waals surface area (Å²) >= 11 is 1.39. The van der Waals surface area contributed by atoms with Crippen LogP contribution in [0.2, 0.25) is 0 Å². The summed E-state index contributed by atoms with van der Waals surface area (Å²) in [7, 11) is 0. The van der Waals surface area contributed by atoms with Gasteiger partial charge in [0.2, 0.25) is 0 Å². The number of hydrogen-bond acceptors (Lipinski definition) is 5. The summed E-state index contributed by atoms with van der Waals surface area (Å²) in [5.74, 6) is -3.97. The molecule has 0 aliphatic carbocycles. The van der Waals surface area contributed by atoms with E-state index in [1.54, 1.807) is 0 Å². The quantitative estimate of drug-likeness (QED) is 0.537. The van der Waals surface area contributed by atoms with Crippen molar-refractivity contribution >= 4 is 17.2 Å². The molecule has 2 atom stereocenters. The van der Waals surface area contributed by atoms with Crippen molar-refractivity contribution < 1.29 is 27.4 Å². The highest BCUT2D eigenvalue weighted by molar-refractivity contribution is 7.09. The molecule has 3 heterocycles. The lowest BCUT2D eigenvalue weighted by Gasteiger charge is -2.17.